The Kier molecular flexibility index (Phi) is 8.40. The molecule has 2 amide bonds. The summed E-state index contributed by atoms with van der Waals surface area (Å²) in [6.45, 7) is 2.26. The Labute approximate surface area is 231 Å². The van der Waals surface area contributed by atoms with Crippen LogP contribution in [0.2, 0.25) is 5.02 Å². The second-order valence-corrected chi connectivity index (χ2v) is 10.1. The zero-order valence-corrected chi connectivity index (χ0v) is 22.2. The highest BCUT2D eigenvalue weighted by Crippen LogP contribution is 2.37. The lowest BCUT2D eigenvalue weighted by Crippen LogP contribution is -2.42. The number of anilines is 1. The Balaban J connectivity index is 1.40. The molecule has 0 radical (unpaired) electrons. The van der Waals surface area contributed by atoms with Crippen LogP contribution in [0.15, 0.2) is 72.8 Å². The number of nitrogens with one attached hydrogen (secondary N) is 2. The quantitative estimate of drug-likeness (QED) is 0.371. The van der Waals surface area contributed by atoms with Crippen molar-refractivity contribution in [3.05, 3.63) is 95.1 Å². The number of carbonyl (C=O) groups is 1. The predicted molar refractivity (Wildman–Crippen MR) is 148 cm³/mol. The third-order valence-corrected chi connectivity index (χ3v) is 7.46. The van der Waals surface area contributed by atoms with Crippen molar-refractivity contribution in [3.8, 4) is 11.3 Å². The normalized spacial score (nSPS) is 20.9. The van der Waals surface area contributed by atoms with Gasteiger partial charge in [-0.15, -0.1) is 0 Å². The van der Waals surface area contributed by atoms with E-state index < -0.39 is 17.7 Å². The van der Waals surface area contributed by atoms with E-state index in [-0.39, 0.29) is 18.0 Å². The molecule has 10 heteroatoms. The van der Waals surface area contributed by atoms with Gasteiger partial charge in [0, 0.05) is 38.2 Å². The molecule has 39 heavy (non-hydrogen) atoms. The van der Waals surface area contributed by atoms with Crippen LogP contribution in [0, 0.1) is 11.6 Å². The van der Waals surface area contributed by atoms with Gasteiger partial charge in [0.25, 0.3) is 0 Å². The number of halogens is 3. The molecule has 0 saturated carbocycles. The maximum atomic E-state index is 14.1. The fourth-order valence-corrected chi connectivity index (χ4v) is 5.40. The molecule has 1 saturated heterocycles. The van der Waals surface area contributed by atoms with Gasteiger partial charge in [-0.25, -0.2) is 18.3 Å². The summed E-state index contributed by atoms with van der Waals surface area (Å²) in [5, 5.41) is 11.1. The topological polar surface area (TPSA) is 71.4 Å². The molecule has 2 heterocycles. The van der Waals surface area contributed by atoms with E-state index in [0.717, 1.165) is 11.6 Å². The number of amides is 2. The van der Waals surface area contributed by atoms with Crippen LogP contribution in [-0.4, -0.2) is 60.1 Å². The average Bonchev–Trinajstić information content (AvgIpc) is 3.50. The number of methoxy groups -OCH3 is 1. The van der Waals surface area contributed by atoms with E-state index in [2.05, 4.69) is 15.5 Å². The molecule has 0 bridgehead atoms. The summed E-state index contributed by atoms with van der Waals surface area (Å²) >= 11 is 6.81. The van der Waals surface area contributed by atoms with E-state index in [4.69, 9.17) is 21.4 Å². The number of rotatable bonds is 8. The molecule has 3 aromatic rings. The van der Waals surface area contributed by atoms with Crippen LogP contribution in [0.1, 0.15) is 23.9 Å². The van der Waals surface area contributed by atoms with Gasteiger partial charge in [0.15, 0.2) is 17.5 Å². The predicted octanol–water partition coefficient (Wildman–Crippen LogP) is 5.77. The molecule has 204 valence electrons. The fourth-order valence-electron chi connectivity index (χ4n) is 5.12. The second-order valence-electron chi connectivity index (χ2n) is 9.68. The highest BCUT2D eigenvalue weighted by Gasteiger charge is 2.35. The minimum Gasteiger partial charge on any atom is -0.383 e. The van der Waals surface area contributed by atoms with Crippen LogP contribution in [0.25, 0.3) is 11.3 Å². The van der Waals surface area contributed by atoms with E-state index in [1.807, 2.05) is 54.6 Å². The Morgan fingerprint density at radius 2 is 1.95 bits per heavy atom. The highest BCUT2D eigenvalue weighted by molar-refractivity contribution is 6.36. The van der Waals surface area contributed by atoms with Crippen molar-refractivity contribution in [2.45, 2.75) is 24.4 Å². The molecule has 2 N–H and O–H groups in total. The molecule has 2 aliphatic rings. The summed E-state index contributed by atoms with van der Waals surface area (Å²) in [7, 11) is 1.62. The Morgan fingerprint density at radius 3 is 2.67 bits per heavy atom. The van der Waals surface area contributed by atoms with E-state index in [1.165, 1.54) is 6.07 Å². The Hall–Kier alpha value is -3.53. The van der Waals surface area contributed by atoms with Crippen LogP contribution < -0.4 is 10.6 Å². The number of hydrogen-bond acceptors (Lipinski definition) is 4. The van der Waals surface area contributed by atoms with Gasteiger partial charge in [0.1, 0.15) is 10.7 Å². The average molecular weight is 554 g/mol. The largest absolute Gasteiger partial charge is 0.383 e. The van der Waals surface area contributed by atoms with E-state index in [1.54, 1.807) is 17.9 Å². The first-order chi connectivity index (χ1) is 18.9. The summed E-state index contributed by atoms with van der Waals surface area (Å²) in [4.78, 5) is 15.5. The number of aromatic nitrogens is 2. The van der Waals surface area contributed by atoms with Crippen LogP contribution >= 0.6 is 11.6 Å². The highest BCUT2D eigenvalue weighted by atomic mass is 35.5. The standard InChI is InChI=1S/C29H30ClF2N5O2/c1-39-15-14-36-17-22(20-12-13-23(31)24(32)16-20)25(18-36)33-29(38)34-28-26(30)27(19-8-4-2-5-9-19)35-37(28)21-10-6-3-7-11-21/h2-10,12-13,16,21-22,25H,11,14-15,17-18H2,1H3,(H2,33,34,38)/t21?,22-,25+/m0/s1. The second kappa shape index (κ2) is 12.1. The molecule has 1 aromatic heterocycles. The lowest BCUT2D eigenvalue weighted by Gasteiger charge is -2.22. The van der Waals surface area contributed by atoms with Crippen molar-refractivity contribution < 1.29 is 18.3 Å². The number of benzene rings is 2. The van der Waals surface area contributed by atoms with Crippen molar-refractivity contribution in [2.24, 2.45) is 0 Å². The van der Waals surface area contributed by atoms with Gasteiger partial charge in [-0.1, -0.05) is 72.3 Å². The number of carbonyl (C=O) groups excluding carboxylic acids is 1. The van der Waals surface area contributed by atoms with Gasteiger partial charge in [-0.2, -0.15) is 5.10 Å². The van der Waals surface area contributed by atoms with Crippen molar-refractivity contribution >= 4 is 23.4 Å². The fraction of sp³-hybridized carbons (Fsp3) is 0.310. The van der Waals surface area contributed by atoms with Crippen LogP contribution in [0.5, 0.6) is 0 Å². The number of likely N-dealkylation sites (tertiary alicyclic amines) is 1. The molecule has 2 aromatic carbocycles. The lowest BCUT2D eigenvalue weighted by molar-refractivity contribution is 0.159. The molecule has 5 rings (SSSR count). The van der Waals surface area contributed by atoms with Crippen molar-refractivity contribution in [2.75, 3.05) is 38.7 Å². The Morgan fingerprint density at radius 1 is 1.13 bits per heavy atom. The van der Waals surface area contributed by atoms with Crippen LogP contribution in [0.4, 0.5) is 19.4 Å². The summed E-state index contributed by atoms with van der Waals surface area (Å²) in [6, 6.07) is 12.5. The van der Waals surface area contributed by atoms with Crippen molar-refractivity contribution in [3.63, 3.8) is 0 Å². The van der Waals surface area contributed by atoms with Gasteiger partial charge in [-0.05, 0) is 24.1 Å². The molecule has 1 aliphatic carbocycles. The molecule has 1 aliphatic heterocycles. The number of urea groups is 1. The molecule has 3 atom stereocenters. The summed E-state index contributed by atoms with van der Waals surface area (Å²) in [5.74, 6) is -1.67. The number of hydrogen-bond donors (Lipinski definition) is 2. The van der Waals surface area contributed by atoms with Crippen molar-refractivity contribution in [1.82, 2.24) is 20.0 Å². The lowest BCUT2D eigenvalue weighted by atomic mass is 9.94. The first-order valence-electron chi connectivity index (χ1n) is 12.8. The number of allylic oxidation sites excluding steroid dienone is 4. The molecule has 7 nitrogen and oxygen atoms in total. The minimum absolute atomic E-state index is 0.119. The van der Waals surface area contributed by atoms with Gasteiger partial charge in [0.2, 0.25) is 0 Å². The molecule has 1 unspecified atom stereocenters. The maximum absolute atomic E-state index is 14.1. The van der Waals surface area contributed by atoms with Gasteiger partial charge < -0.3 is 10.1 Å². The van der Waals surface area contributed by atoms with E-state index in [0.29, 0.717) is 54.8 Å². The van der Waals surface area contributed by atoms with Crippen LogP contribution in [-0.2, 0) is 4.74 Å². The van der Waals surface area contributed by atoms with Gasteiger partial charge in [-0.3, -0.25) is 10.2 Å². The number of nitrogens with zero attached hydrogens (tertiary/aromatic N) is 3. The smallest absolute Gasteiger partial charge is 0.320 e. The van der Waals surface area contributed by atoms with E-state index >= 15 is 0 Å². The minimum atomic E-state index is -0.912. The third kappa shape index (κ3) is 6.06. The Bertz CT molecular complexity index is 1380. The zero-order valence-electron chi connectivity index (χ0n) is 21.5. The maximum Gasteiger partial charge on any atom is 0.320 e. The summed E-state index contributed by atoms with van der Waals surface area (Å²) < 4.78 is 34.6. The third-order valence-electron chi connectivity index (χ3n) is 7.10. The molecule has 1 fully saturated rings. The summed E-state index contributed by atoms with van der Waals surface area (Å²) in [5.41, 5.74) is 2.03. The number of ether oxygens (including phenoxy) is 1. The van der Waals surface area contributed by atoms with Gasteiger partial charge in [0.05, 0.1) is 18.7 Å². The van der Waals surface area contributed by atoms with Crippen molar-refractivity contribution in [1.29, 1.82) is 0 Å². The molecular formula is C29H30ClF2N5O2. The van der Waals surface area contributed by atoms with Gasteiger partial charge >= 0.3 is 6.03 Å². The first kappa shape index (κ1) is 27.1. The SMILES string of the molecule is COCCN1C[C@@H](NC(=O)Nc2c(Cl)c(-c3ccccc3)nn2C2C=CC=CC2)[C@H](c2ccc(F)c(F)c2)C1. The molecule has 0 spiro atoms. The first-order valence-corrected chi connectivity index (χ1v) is 13.2. The summed E-state index contributed by atoms with van der Waals surface area (Å²) in [6.07, 6.45) is 8.65. The zero-order chi connectivity index (χ0) is 27.4. The monoisotopic (exact) mass is 553 g/mol. The van der Waals surface area contributed by atoms with E-state index in [9.17, 15) is 13.6 Å². The molecular weight excluding hydrogens is 524 g/mol. The van der Waals surface area contributed by atoms with Crippen LogP contribution in [0.3, 0.4) is 0 Å².